The molecule has 2 rings (SSSR count). The van der Waals surface area contributed by atoms with E-state index in [4.69, 9.17) is 5.11 Å². The van der Waals surface area contributed by atoms with Crippen LogP contribution in [0, 0.1) is 12.8 Å². The zero-order valence-electron chi connectivity index (χ0n) is 11.6. The van der Waals surface area contributed by atoms with E-state index in [0.29, 0.717) is 6.42 Å². The molecule has 4 heteroatoms. The summed E-state index contributed by atoms with van der Waals surface area (Å²) in [6.45, 7) is 1.98. The third-order valence-electron chi connectivity index (χ3n) is 4.33. The molecule has 0 amide bonds. The van der Waals surface area contributed by atoms with Crippen molar-refractivity contribution in [3.8, 4) is 0 Å². The van der Waals surface area contributed by atoms with E-state index < -0.39 is 11.9 Å². The molecule has 2 N–H and O–H groups in total. The smallest absolute Gasteiger partial charge is 0.307 e. The van der Waals surface area contributed by atoms with Crippen LogP contribution in [-0.2, 0) is 16.0 Å². The topological polar surface area (TPSA) is 74.6 Å². The molecule has 1 saturated carbocycles. The van der Waals surface area contributed by atoms with Crippen LogP contribution >= 0.6 is 0 Å². The van der Waals surface area contributed by atoms with E-state index in [-0.39, 0.29) is 18.3 Å². The van der Waals surface area contributed by atoms with Crippen LogP contribution in [0.1, 0.15) is 48.3 Å². The average molecular weight is 276 g/mol. The van der Waals surface area contributed by atoms with Crippen LogP contribution in [0.15, 0.2) is 18.2 Å². The van der Waals surface area contributed by atoms with Gasteiger partial charge in [0.05, 0.1) is 5.92 Å². The van der Waals surface area contributed by atoms with Crippen LogP contribution in [0.25, 0.3) is 0 Å². The number of benzene rings is 1. The minimum absolute atomic E-state index is 0.0669. The molecule has 1 aliphatic rings. The predicted molar refractivity (Wildman–Crippen MR) is 74.9 cm³/mol. The summed E-state index contributed by atoms with van der Waals surface area (Å²) in [7, 11) is 0. The first-order valence-electron chi connectivity index (χ1n) is 7.03. The second-order valence-corrected chi connectivity index (χ2v) is 5.51. The van der Waals surface area contributed by atoms with Crippen LogP contribution in [0.2, 0.25) is 0 Å². The Morgan fingerprint density at radius 1 is 1.25 bits per heavy atom. The van der Waals surface area contributed by atoms with E-state index in [0.717, 1.165) is 36.0 Å². The largest absolute Gasteiger partial charge is 0.481 e. The van der Waals surface area contributed by atoms with E-state index in [1.807, 2.05) is 25.1 Å². The first kappa shape index (κ1) is 14.6. The summed E-state index contributed by atoms with van der Waals surface area (Å²) in [5.41, 5.74) is 3.16. The molecule has 20 heavy (non-hydrogen) atoms. The molecule has 1 aromatic rings. The summed E-state index contributed by atoms with van der Waals surface area (Å²) < 4.78 is 0. The van der Waals surface area contributed by atoms with E-state index >= 15 is 0 Å². The Labute approximate surface area is 118 Å². The maximum atomic E-state index is 11.3. The molecule has 0 spiro atoms. The van der Waals surface area contributed by atoms with E-state index in [1.54, 1.807) is 0 Å². The quantitative estimate of drug-likeness (QED) is 0.867. The van der Waals surface area contributed by atoms with Gasteiger partial charge in [-0.3, -0.25) is 9.59 Å². The Kier molecular flexibility index (Phi) is 4.42. The summed E-state index contributed by atoms with van der Waals surface area (Å²) in [5, 5.41) is 18.1. The molecule has 1 aromatic carbocycles. The standard InChI is InChI=1S/C16H20O4/c1-10-11(8-9-15(17)18)4-2-5-12(10)13-6-3-7-14(13)16(19)20/h2,4-5,13-14H,3,6-9H2,1H3,(H,17,18)(H,19,20). The Balaban J connectivity index is 2.26. The fourth-order valence-electron chi connectivity index (χ4n) is 3.25. The molecule has 0 saturated heterocycles. The highest BCUT2D eigenvalue weighted by molar-refractivity contribution is 5.72. The van der Waals surface area contributed by atoms with Crippen molar-refractivity contribution in [2.75, 3.05) is 0 Å². The highest BCUT2D eigenvalue weighted by Gasteiger charge is 2.34. The third-order valence-corrected chi connectivity index (χ3v) is 4.33. The number of aryl methyl sites for hydroxylation is 1. The van der Waals surface area contributed by atoms with Crippen molar-refractivity contribution < 1.29 is 19.8 Å². The lowest BCUT2D eigenvalue weighted by molar-refractivity contribution is -0.142. The normalized spacial score (nSPS) is 21.9. The molecule has 1 fully saturated rings. The van der Waals surface area contributed by atoms with Crippen LogP contribution < -0.4 is 0 Å². The van der Waals surface area contributed by atoms with Gasteiger partial charge in [-0.05, 0) is 48.8 Å². The van der Waals surface area contributed by atoms with Crippen molar-refractivity contribution >= 4 is 11.9 Å². The Bertz CT molecular complexity index is 521. The lowest BCUT2D eigenvalue weighted by Gasteiger charge is -2.20. The van der Waals surface area contributed by atoms with Gasteiger partial charge in [-0.1, -0.05) is 24.6 Å². The van der Waals surface area contributed by atoms with Gasteiger partial charge in [0.25, 0.3) is 0 Å². The molecule has 0 aliphatic heterocycles. The molecular weight excluding hydrogens is 256 g/mol. The molecule has 0 radical (unpaired) electrons. The van der Waals surface area contributed by atoms with Crippen LogP contribution in [0.3, 0.4) is 0 Å². The van der Waals surface area contributed by atoms with Crippen molar-refractivity contribution in [3.63, 3.8) is 0 Å². The van der Waals surface area contributed by atoms with E-state index in [9.17, 15) is 14.7 Å². The molecule has 0 aromatic heterocycles. The zero-order chi connectivity index (χ0) is 14.7. The van der Waals surface area contributed by atoms with Gasteiger partial charge in [-0.15, -0.1) is 0 Å². The highest BCUT2D eigenvalue weighted by atomic mass is 16.4. The second-order valence-electron chi connectivity index (χ2n) is 5.51. The van der Waals surface area contributed by atoms with Crippen molar-refractivity contribution in [3.05, 3.63) is 34.9 Å². The maximum absolute atomic E-state index is 11.3. The number of rotatable bonds is 5. The van der Waals surface area contributed by atoms with Crippen LogP contribution in [-0.4, -0.2) is 22.2 Å². The lowest BCUT2D eigenvalue weighted by atomic mass is 9.84. The number of hydrogen-bond acceptors (Lipinski definition) is 2. The molecule has 0 heterocycles. The molecule has 108 valence electrons. The van der Waals surface area contributed by atoms with Gasteiger partial charge in [0.1, 0.15) is 0 Å². The summed E-state index contributed by atoms with van der Waals surface area (Å²) in [5.74, 6) is -1.76. The summed E-state index contributed by atoms with van der Waals surface area (Å²) in [6.07, 6.45) is 3.19. The van der Waals surface area contributed by atoms with Gasteiger partial charge in [-0.2, -0.15) is 0 Å². The minimum atomic E-state index is -0.806. The van der Waals surface area contributed by atoms with Gasteiger partial charge < -0.3 is 10.2 Å². The SMILES string of the molecule is Cc1c(CCC(=O)O)cccc1C1CCCC1C(=O)O. The molecule has 2 unspecified atom stereocenters. The van der Waals surface area contributed by atoms with Crippen molar-refractivity contribution in [1.29, 1.82) is 0 Å². The Morgan fingerprint density at radius 2 is 2.00 bits per heavy atom. The third kappa shape index (κ3) is 3.00. The number of hydrogen-bond donors (Lipinski definition) is 2. The van der Waals surface area contributed by atoms with Gasteiger partial charge in [-0.25, -0.2) is 0 Å². The summed E-state index contributed by atoms with van der Waals surface area (Å²) in [6, 6.07) is 5.84. The number of carbonyl (C=O) groups is 2. The molecule has 4 nitrogen and oxygen atoms in total. The van der Waals surface area contributed by atoms with Crippen LogP contribution in [0.4, 0.5) is 0 Å². The fourth-order valence-corrected chi connectivity index (χ4v) is 3.25. The Morgan fingerprint density at radius 3 is 2.65 bits per heavy atom. The molecular formula is C16H20O4. The highest BCUT2D eigenvalue weighted by Crippen LogP contribution is 2.41. The minimum Gasteiger partial charge on any atom is -0.481 e. The van der Waals surface area contributed by atoms with E-state index in [1.165, 1.54) is 0 Å². The molecule has 1 aliphatic carbocycles. The first-order valence-corrected chi connectivity index (χ1v) is 7.03. The van der Waals surface area contributed by atoms with Crippen LogP contribution in [0.5, 0.6) is 0 Å². The van der Waals surface area contributed by atoms with Crippen molar-refractivity contribution in [2.24, 2.45) is 5.92 Å². The van der Waals surface area contributed by atoms with E-state index in [2.05, 4.69) is 0 Å². The second kappa shape index (κ2) is 6.07. The fraction of sp³-hybridized carbons (Fsp3) is 0.500. The van der Waals surface area contributed by atoms with Crippen molar-refractivity contribution in [2.45, 2.75) is 44.9 Å². The predicted octanol–water partition coefficient (Wildman–Crippen LogP) is 2.98. The zero-order valence-corrected chi connectivity index (χ0v) is 11.6. The first-order chi connectivity index (χ1) is 9.50. The lowest BCUT2D eigenvalue weighted by Crippen LogP contribution is -2.18. The summed E-state index contributed by atoms with van der Waals surface area (Å²) >= 11 is 0. The summed E-state index contributed by atoms with van der Waals surface area (Å²) in [4.78, 5) is 22.0. The Hall–Kier alpha value is -1.84. The molecule has 0 bridgehead atoms. The molecule has 2 atom stereocenters. The number of aliphatic carboxylic acids is 2. The van der Waals surface area contributed by atoms with Gasteiger partial charge in [0.2, 0.25) is 0 Å². The maximum Gasteiger partial charge on any atom is 0.307 e. The van der Waals surface area contributed by atoms with Gasteiger partial charge >= 0.3 is 11.9 Å². The van der Waals surface area contributed by atoms with Gasteiger partial charge in [0, 0.05) is 6.42 Å². The average Bonchev–Trinajstić information content (AvgIpc) is 2.86. The van der Waals surface area contributed by atoms with Crippen molar-refractivity contribution in [1.82, 2.24) is 0 Å². The number of carboxylic acids is 2. The number of carboxylic acid groups (broad SMARTS) is 2. The van der Waals surface area contributed by atoms with Gasteiger partial charge in [0.15, 0.2) is 0 Å². The monoisotopic (exact) mass is 276 g/mol.